The fraction of sp³-hybridized carbons (Fsp3) is 0.240. The molecule has 3 aromatic rings. The second-order valence-electron chi connectivity index (χ2n) is 7.43. The molecule has 2 amide bonds. The van der Waals surface area contributed by atoms with Gasteiger partial charge >= 0.3 is 0 Å². The van der Waals surface area contributed by atoms with Crippen molar-refractivity contribution >= 4 is 23.3 Å². The number of hydrogen-bond acceptors (Lipinski definition) is 4. The Bertz CT molecular complexity index is 1070. The molecule has 0 saturated heterocycles. The molecule has 0 fully saturated rings. The number of pyridine rings is 1. The first-order valence-electron chi connectivity index (χ1n) is 10.5. The number of aromatic nitrogens is 1. The summed E-state index contributed by atoms with van der Waals surface area (Å²) in [7, 11) is 0. The normalized spacial score (nSPS) is 15.2. The molecule has 1 atom stereocenters. The molecule has 6 nitrogen and oxygen atoms in total. The molecule has 4 rings (SSSR count). The first-order chi connectivity index (χ1) is 15.2. The number of amides is 2. The van der Waals surface area contributed by atoms with E-state index >= 15 is 0 Å². The molecule has 6 heteroatoms. The Morgan fingerprint density at radius 2 is 1.94 bits per heavy atom. The second kappa shape index (κ2) is 9.43. The zero-order valence-corrected chi connectivity index (χ0v) is 17.5. The van der Waals surface area contributed by atoms with Gasteiger partial charge in [-0.15, -0.1) is 0 Å². The summed E-state index contributed by atoms with van der Waals surface area (Å²) in [5.74, 6) is 0.816. The molecule has 1 aromatic heterocycles. The van der Waals surface area contributed by atoms with Crippen LogP contribution in [-0.4, -0.2) is 23.3 Å². The van der Waals surface area contributed by atoms with E-state index < -0.39 is 6.10 Å². The highest BCUT2D eigenvalue weighted by Crippen LogP contribution is 2.37. The molecule has 0 radical (unpaired) electrons. The van der Waals surface area contributed by atoms with Crippen molar-refractivity contribution in [2.45, 2.75) is 32.3 Å². The molecule has 1 N–H and O–H groups in total. The van der Waals surface area contributed by atoms with Crippen molar-refractivity contribution in [3.05, 3.63) is 84.1 Å². The van der Waals surface area contributed by atoms with Crippen LogP contribution in [0.3, 0.4) is 0 Å². The summed E-state index contributed by atoms with van der Waals surface area (Å²) in [6.07, 6.45) is 2.65. The first-order valence-corrected chi connectivity index (χ1v) is 10.5. The smallest absolute Gasteiger partial charge is 0.274 e. The van der Waals surface area contributed by atoms with E-state index in [4.69, 9.17) is 4.74 Å². The fourth-order valence-corrected chi connectivity index (χ4v) is 3.64. The maximum absolute atomic E-state index is 13.2. The van der Waals surface area contributed by atoms with Crippen molar-refractivity contribution in [1.29, 1.82) is 0 Å². The third kappa shape index (κ3) is 4.74. The average Bonchev–Trinajstić information content (AvgIpc) is 2.81. The molecule has 0 bridgehead atoms. The van der Waals surface area contributed by atoms with Gasteiger partial charge in [0.1, 0.15) is 0 Å². The van der Waals surface area contributed by atoms with E-state index in [1.807, 2.05) is 60.7 Å². The monoisotopic (exact) mass is 415 g/mol. The number of benzene rings is 2. The van der Waals surface area contributed by atoms with Crippen molar-refractivity contribution in [2.24, 2.45) is 0 Å². The molecular formula is C25H25N3O3. The molecular weight excluding hydrogens is 390 g/mol. The van der Waals surface area contributed by atoms with Crippen LogP contribution in [0.15, 0.2) is 72.9 Å². The summed E-state index contributed by atoms with van der Waals surface area (Å²) in [5, 5.41) is 2.94. The number of nitrogens with one attached hydrogen (secondary N) is 1. The number of fused-ring (bicyclic) bond motifs is 1. The largest absolute Gasteiger partial charge is 0.472 e. The summed E-state index contributed by atoms with van der Waals surface area (Å²) in [6, 6.07) is 20.8. The Labute approximate surface area is 181 Å². The minimum absolute atomic E-state index is 0.0742. The first kappa shape index (κ1) is 20.6. The van der Waals surface area contributed by atoms with Crippen molar-refractivity contribution < 1.29 is 14.3 Å². The van der Waals surface area contributed by atoms with Gasteiger partial charge in [-0.3, -0.25) is 14.5 Å². The highest BCUT2D eigenvalue weighted by Gasteiger charge is 2.36. The maximum Gasteiger partial charge on any atom is 0.274 e. The van der Waals surface area contributed by atoms with E-state index in [-0.39, 0.29) is 11.8 Å². The van der Waals surface area contributed by atoms with E-state index in [0.29, 0.717) is 31.0 Å². The van der Waals surface area contributed by atoms with E-state index in [9.17, 15) is 9.59 Å². The van der Waals surface area contributed by atoms with Gasteiger partial charge < -0.3 is 10.1 Å². The van der Waals surface area contributed by atoms with Crippen molar-refractivity contribution in [3.8, 4) is 5.75 Å². The van der Waals surface area contributed by atoms with Gasteiger partial charge in [-0.1, -0.05) is 49.4 Å². The lowest BCUT2D eigenvalue weighted by atomic mass is 10.1. The van der Waals surface area contributed by atoms with Gasteiger partial charge in [0, 0.05) is 30.4 Å². The number of hydrogen-bond donors (Lipinski definition) is 1. The summed E-state index contributed by atoms with van der Waals surface area (Å²) in [5.41, 5.74) is 2.76. The SMILES string of the molecule is CCc1cccc(NC(=O)CCCN2C(=O)[C@@H](c3ccccc3)Oc3cccnc32)c1. The van der Waals surface area contributed by atoms with Gasteiger partial charge in [-0.25, -0.2) is 4.98 Å². The van der Waals surface area contributed by atoms with Crippen LogP contribution < -0.4 is 15.0 Å². The van der Waals surface area contributed by atoms with Crippen LogP contribution in [0, 0.1) is 0 Å². The average molecular weight is 415 g/mol. The summed E-state index contributed by atoms with van der Waals surface area (Å²) < 4.78 is 5.96. The van der Waals surface area contributed by atoms with E-state index in [2.05, 4.69) is 17.2 Å². The Hall–Kier alpha value is -3.67. The summed E-state index contributed by atoms with van der Waals surface area (Å²) in [6.45, 7) is 2.47. The Kier molecular flexibility index (Phi) is 6.26. The van der Waals surface area contributed by atoms with Crippen LogP contribution >= 0.6 is 0 Å². The lowest BCUT2D eigenvalue weighted by molar-refractivity contribution is -0.127. The van der Waals surface area contributed by atoms with Crippen LogP contribution in [0.4, 0.5) is 11.5 Å². The van der Waals surface area contributed by atoms with Crippen molar-refractivity contribution in [3.63, 3.8) is 0 Å². The van der Waals surface area contributed by atoms with Gasteiger partial charge in [0.15, 0.2) is 11.6 Å². The molecule has 2 aromatic carbocycles. The number of ether oxygens (including phenoxy) is 1. The van der Waals surface area contributed by atoms with Gasteiger partial charge in [-0.2, -0.15) is 0 Å². The maximum atomic E-state index is 13.2. The van der Waals surface area contributed by atoms with Gasteiger partial charge in [0.2, 0.25) is 12.0 Å². The Morgan fingerprint density at radius 1 is 1.10 bits per heavy atom. The van der Waals surface area contributed by atoms with E-state index in [1.165, 1.54) is 5.56 Å². The molecule has 1 aliphatic heterocycles. The van der Waals surface area contributed by atoms with Gasteiger partial charge in [-0.05, 0) is 42.7 Å². The van der Waals surface area contributed by atoms with Gasteiger partial charge in [0.25, 0.3) is 5.91 Å². The number of nitrogens with zero attached hydrogens (tertiary/aromatic N) is 2. The molecule has 0 spiro atoms. The minimum Gasteiger partial charge on any atom is -0.472 e. The number of rotatable bonds is 7. The molecule has 2 heterocycles. The van der Waals surface area contributed by atoms with E-state index in [1.54, 1.807) is 17.2 Å². The molecule has 1 aliphatic rings. The fourth-order valence-electron chi connectivity index (χ4n) is 3.64. The predicted octanol–water partition coefficient (Wildman–Crippen LogP) is 4.53. The van der Waals surface area contributed by atoms with Crippen LogP contribution in [0.25, 0.3) is 0 Å². The number of anilines is 2. The third-order valence-electron chi connectivity index (χ3n) is 5.25. The number of carbonyl (C=O) groups excluding carboxylic acids is 2. The number of carbonyl (C=O) groups is 2. The summed E-state index contributed by atoms with van der Waals surface area (Å²) in [4.78, 5) is 31.6. The highest BCUT2D eigenvalue weighted by atomic mass is 16.5. The molecule has 31 heavy (non-hydrogen) atoms. The van der Waals surface area contributed by atoms with Gasteiger partial charge in [0.05, 0.1) is 0 Å². The predicted molar refractivity (Wildman–Crippen MR) is 120 cm³/mol. The third-order valence-corrected chi connectivity index (χ3v) is 5.25. The van der Waals surface area contributed by atoms with E-state index in [0.717, 1.165) is 17.7 Å². The lowest BCUT2D eigenvalue weighted by Crippen LogP contribution is -2.42. The Balaban J connectivity index is 1.43. The molecule has 158 valence electrons. The lowest BCUT2D eigenvalue weighted by Gasteiger charge is -2.33. The standard InChI is InChI=1S/C25H25N3O3/c1-2-18-9-6-12-20(17-18)27-22(29)14-8-16-28-24-21(13-7-15-26-24)31-23(25(28)30)19-10-4-3-5-11-19/h3-7,9-13,15,17,23H,2,8,14,16H2,1H3,(H,27,29)/t23-/m1/s1. The highest BCUT2D eigenvalue weighted by molar-refractivity contribution is 5.99. The van der Waals surface area contributed by atoms with Crippen LogP contribution in [-0.2, 0) is 16.0 Å². The molecule has 0 saturated carbocycles. The van der Waals surface area contributed by atoms with Crippen LogP contribution in [0.1, 0.15) is 37.0 Å². The quantitative estimate of drug-likeness (QED) is 0.615. The Morgan fingerprint density at radius 3 is 2.74 bits per heavy atom. The van der Waals surface area contributed by atoms with Crippen molar-refractivity contribution in [2.75, 3.05) is 16.8 Å². The zero-order chi connectivity index (χ0) is 21.6. The minimum atomic E-state index is -0.719. The second-order valence-corrected chi connectivity index (χ2v) is 7.43. The number of aryl methyl sites for hydroxylation is 1. The summed E-state index contributed by atoms with van der Waals surface area (Å²) >= 11 is 0. The van der Waals surface area contributed by atoms with Crippen molar-refractivity contribution in [1.82, 2.24) is 4.98 Å². The molecule has 0 unspecified atom stereocenters. The molecule has 0 aliphatic carbocycles. The van der Waals surface area contributed by atoms with Crippen LogP contribution in [0.2, 0.25) is 0 Å². The van der Waals surface area contributed by atoms with Crippen LogP contribution in [0.5, 0.6) is 5.75 Å². The topological polar surface area (TPSA) is 71.5 Å². The zero-order valence-electron chi connectivity index (χ0n) is 17.5.